The Morgan fingerprint density at radius 1 is 1.06 bits per heavy atom. The molecule has 1 amide bonds. The van der Waals surface area contributed by atoms with Crippen LogP contribution >= 0.6 is 0 Å². The van der Waals surface area contributed by atoms with Crippen LogP contribution < -0.4 is 19.1 Å². The molecule has 178 valence electrons. The summed E-state index contributed by atoms with van der Waals surface area (Å²) >= 11 is 0. The van der Waals surface area contributed by atoms with E-state index in [9.17, 15) is 18.0 Å². The molecule has 33 heavy (non-hydrogen) atoms. The minimum atomic E-state index is -3.55. The summed E-state index contributed by atoms with van der Waals surface area (Å²) in [7, 11) is -3.55. The highest BCUT2D eigenvalue weighted by molar-refractivity contribution is 7.92. The molecular weight excluding hydrogens is 448 g/mol. The Morgan fingerprint density at radius 3 is 2.48 bits per heavy atom. The van der Waals surface area contributed by atoms with E-state index in [4.69, 9.17) is 14.2 Å². The summed E-state index contributed by atoms with van der Waals surface area (Å²) in [6.07, 6.45) is 3.31. The largest absolute Gasteiger partial charge is 0.462 e. The third-order valence-corrected chi connectivity index (χ3v) is 6.14. The van der Waals surface area contributed by atoms with E-state index in [2.05, 4.69) is 5.32 Å². The quantitative estimate of drug-likeness (QED) is 0.390. The van der Waals surface area contributed by atoms with Crippen molar-refractivity contribution in [3.05, 3.63) is 48.0 Å². The van der Waals surface area contributed by atoms with Crippen LogP contribution in [0.4, 0.5) is 11.4 Å². The standard InChI is InChI=1S/C23H28N2O7S/c1-3-4-14-30-23(27)17-7-9-18(10-8-17)24-22(26)6-5-13-25(33(2,28)29)19-11-12-20-21(15-19)32-16-31-20/h7-12,15H,3-6,13-14,16H2,1-2H3,(H,24,26). The maximum Gasteiger partial charge on any atom is 0.338 e. The van der Waals surface area contributed by atoms with Gasteiger partial charge in [-0.2, -0.15) is 0 Å². The normalized spacial score (nSPS) is 12.3. The number of esters is 1. The van der Waals surface area contributed by atoms with Crippen molar-refractivity contribution in [2.24, 2.45) is 0 Å². The fourth-order valence-electron chi connectivity index (χ4n) is 3.22. The molecule has 0 atom stereocenters. The molecule has 2 aromatic rings. The van der Waals surface area contributed by atoms with E-state index in [1.165, 1.54) is 4.31 Å². The number of rotatable bonds is 11. The number of carbonyl (C=O) groups excluding carboxylic acids is 2. The average molecular weight is 477 g/mol. The van der Waals surface area contributed by atoms with Crippen LogP contribution in [-0.2, 0) is 19.6 Å². The second-order valence-corrected chi connectivity index (χ2v) is 9.50. The number of nitrogens with zero attached hydrogens (tertiary/aromatic N) is 1. The van der Waals surface area contributed by atoms with Gasteiger partial charge in [0.2, 0.25) is 22.7 Å². The van der Waals surface area contributed by atoms with Gasteiger partial charge in [-0.3, -0.25) is 9.10 Å². The van der Waals surface area contributed by atoms with Crippen molar-refractivity contribution >= 4 is 33.3 Å². The minimum Gasteiger partial charge on any atom is -0.462 e. The van der Waals surface area contributed by atoms with Crippen molar-refractivity contribution < 1.29 is 32.2 Å². The lowest BCUT2D eigenvalue weighted by atomic mass is 10.2. The van der Waals surface area contributed by atoms with Crippen molar-refractivity contribution in [2.75, 3.05) is 35.8 Å². The second-order valence-electron chi connectivity index (χ2n) is 7.59. The zero-order chi connectivity index (χ0) is 23.8. The van der Waals surface area contributed by atoms with Crippen LogP contribution in [0.15, 0.2) is 42.5 Å². The summed E-state index contributed by atoms with van der Waals surface area (Å²) in [5.41, 5.74) is 1.40. The molecule has 0 saturated carbocycles. The van der Waals surface area contributed by atoms with E-state index in [0.717, 1.165) is 19.1 Å². The van der Waals surface area contributed by atoms with Gasteiger partial charge in [0.25, 0.3) is 0 Å². The highest BCUT2D eigenvalue weighted by Gasteiger charge is 2.21. The summed E-state index contributed by atoms with van der Waals surface area (Å²) in [4.78, 5) is 24.3. The van der Waals surface area contributed by atoms with Crippen molar-refractivity contribution in [3.63, 3.8) is 0 Å². The number of nitrogens with one attached hydrogen (secondary N) is 1. The molecule has 1 heterocycles. The van der Waals surface area contributed by atoms with Gasteiger partial charge in [-0.25, -0.2) is 13.2 Å². The van der Waals surface area contributed by atoms with Crippen molar-refractivity contribution in [1.29, 1.82) is 0 Å². The Kier molecular flexibility index (Phi) is 8.16. The Hall–Kier alpha value is -3.27. The molecule has 0 saturated heterocycles. The molecule has 10 heteroatoms. The maximum atomic E-state index is 12.3. The summed E-state index contributed by atoms with van der Waals surface area (Å²) in [6.45, 7) is 2.62. The summed E-state index contributed by atoms with van der Waals surface area (Å²) < 4.78 is 41.5. The highest BCUT2D eigenvalue weighted by Crippen LogP contribution is 2.36. The average Bonchev–Trinajstić information content (AvgIpc) is 3.24. The van der Waals surface area contributed by atoms with E-state index in [0.29, 0.717) is 41.5 Å². The fraction of sp³-hybridized carbons (Fsp3) is 0.391. The van der Waals surface area contributed by atoms with Gasteiger partial charge in [0.1, 0.15) is 0 Å². The summed E-state index contributed by atoms with van der Waals surface area (Å²) in [5.74, 6) is 0.390. The number of fused-ring (bicyclic) bond motifs is 1. The summed E-state index contributed by atoms with van der Waals surface area (Å²) in [6, 6.07) is 11.4. The molecule has 2 aromatic carbocycles. The van der Waals surface area contributed by atoms with Gasteiger partial charge in [-0.1, -0.05) is 13.3 Å². The van der Waals surface area contributed by atoms with Crippen LogP contribution in [0, 0.1) is 0 Å². The Labute approximate surface area is 193 Å². The lowest BCUT2D eigenvalue weighted by Crippen LogP contribution is -2.31. The highest BCUT2D eigenvalue weighted by atomic mass is 32.2. The minimum absolute atomic E-state index is 0.0961. The number of anilines is 2. The molecular formula is C23H28N2O7S. The zero-order valence-corrected chi connectivity index (χ0v) is 19.5. The number of hydrogen-bond donors (Lipinski definition) is 1. The van der Waals surface area contributed by atoms with Crippen molar-refractivity contribution in [2.45, 2.75) is 32.6 Å². The Morgan fingerprint density at radius 2 is 1.79 bits per heavy atom. The van der Waals surface area contributed by atoms with E-state index in [1.807, 2.05) is 6.92 Å². The summed E-state index contributed by atoms with van der Waals surface area (Å²) in [5, 5.41) is 2.75. The molecule has 9 nitrogen and oxygen atoms in total. The zero-order valence-electron chi connectivity index (χ0n) is 18.7. The van der Waals surface area contributed by atoms with Crippen LogP contribution in [0.5, 0.6) is 11.5 Å². The predicted octanol–water partition coefficient (Wildman–Crippen LogP) is 3.56. The predicted molar refractivity (Wildman–Crippen MR) is 124 cm³/mol. The van der Waals surface area contributed by atoms with Gasteiger partial charge in [-0.15, -0.1) is 0 Å². The van der Waals surface area contributed by atoms with Crippen molar-refractivity contribution in [1.82, 2.24) is 0 Å². The molecule has 0 aliphatic carbocycles. The number of hydrogen-bond acceptors (Lipinski definition) is 7. The van der Waals surface area contributed by atoms with Gasteiger partial charge in [0.15, 0.2) is 11.5 Å². The van der Waals surface area contributed by atoms with Gasteiger partial charge in [0.05, 0.1) is 24.1 Å². The fourth-order valence-corrected chi connectivity index (χ4v) is 4.17. The third kappa shape index (κ3) is 6.85. The first kappa shape index (κ1) is 24.4. The topological polar surface area (TPSA) is 111 Å². The lowest BCUT2D eigenvalue weighted by molar-refractivity contribution is -0.116. The van der Waals surface area contributed by atoms with E-state index < -0.39 is 16.0 Å². The molecule has 1 aliphatic rings. The van der Waals surface area contributed by atoms with Crippen LogP contribution in [0.1, 0.15) is 43.0 Å². The molecule has 0 fully saturated rings. The number of carbonyl (C=O) groups is 2. The van der Waals surface area contributed by atoms with E-state index in [-0.39, 0.29) is 25.7 Å². The number of sulfonamides is 1. The van der Waals surface area contributed by atoms with E-state index in [1.54, 1.807) is 42.5 Å². The first-order valence-electron chi connectivity index (χ1n) is 10.7. The molecule has 1 aliphatic heterocycles. The lowest BCUT2D eigenvalue weighted by Gasteiger charge is -2.22. The number of amides is 1. The van der Waals surface area contributed by atoms with Gasteiger partial charge < -0.3 is 19.5 Å². The molecule has 0 radical (unpaired) electrons. The Balaban J connectivity index is 1.51. The SMILES string of the molecule is CCCCOC(=O)c1ccc(NC(=O)CCCN(c2ccc3c(c2)OCO3)S(C)(=O)=O)cc1. The molecule has 0 aromatic heterocycles. The molecule has 0 spiro atoms. The van der Waals surface area contributed by atoms with Crippen LogP contribution in [0.2, 0.25) is 0 Å². The van der Waals surface area contributed by atoms with Crippen molar-refractivity contribution in [3.8, 4) is 11.5 Å². The maximum absolute atomic E-state index is 12.3. The number of unbranched alkanes of at least 4 members (excludes halogenated alkanes) is 1. The van der Waals surface area contributed by atoms with Crippen LogP contribution in [0.25, 0.3) is 0 Å². The second kappa shape index (κ2) is 11.0. The number of ether oxygens (including phenoxy) is 3. The van der Waals surface area contributed by atoms with Crippen LogP contribution in [-0.4, -0.2) is 46.5 Å². The van der Waals surface area contributed by atoms with E-state index >= 15 is 0 Å². The monoisotopic (exact) mass is 476 g/mol. The first-order chi connectivity index (χ1) is 15.8. The smallest absolute Gasteiger partial charge is 0.338 e. The van der Waals surface area contributed by atoms with Gasteiger partial charge >= 0.3 is 5.97 Å². The van der Waals surface area contributed by atoms with Gasteiger partial charge in [0, 0.05) is 24.7 Å². The molecule has 1 N–H and O–H groups in total. The number of benzene rings is 2. The molecule has 3 rings (SSSR count). The molecule has 0 unspecified atom stereocenters. The molecule has 0 bridgehead atoms. The Bertz CT molecular complexity index is 1080. The van der Waals surface area contributed by atoms with Crippen LogP contribution in [0.3, 0.4) is 0 Å². The third-order valence-electron chi connectivity index (χ3n) is 4.94. The van der Waals surface area contributed by atoms with Gasteiger partial charge in [-0.05, 0) is 49.2 Å². The first-order valence-corrected chi connectivity index (χ1v) is 12.6.